The molecule has 0 spiro atoms. The zero-order chi connectivity index (χ0) is 14.1. The van der Waals surface area contributed by atoms with Crippen molar-refractivity contribution in [2.45, 2.75) is 18.9 Å². The minimum atomic E-state index is -1.12. The number of rotatable bonds is 4. The molecule has 102 valence electrons. The van der Waals surface area contributed by atoms with Gasteiger partial charge in [-0.2, -0.15) is 0 Å². The van der Waals surface area contributed by atoms with Crippen molar-refractivity contribution in [2.24, 2.45) is 0 Å². The third kappa shape index (κ3) is 2.74. The van der Waals surface area contributed by atoms with Gasteiger partial charge in [0.05, 0.1) is 0 Å². The fourth-order valence-corrected chi connectivity index (χ4v) is 1.80. The number of carboxylic acid groups (broad SMARTS) is 1. The molecule has 0 radical (unpaired) electrons. The lowest BCUT2D eigenvalue weighted by atomic mass is 10.2. The highest BCUT2D eigenvalue weighted by molar-refractivity contribution is 5.87. The van der Waals surface area contributed by atoms with Crippen LogP contribution in [0.3, 0.4) is 0 Å². The number of halogens is 1. The molecule has 0 saturated heterocycles. The van der Waals surface area contributed by atoms with Crippen LogP contribution in [0.15, 0.2) is 30.3 Å². The first kappa shape index (κ1) is 12.5. The SMILES string of the molecule is O=C(O)c1cc(NC2CC2)nc(-c2ccc(F)cc2)n1. The van der Waals surface area contributed by atoms with Gasteiger partial charge in [-0.1, -0.05) is 0 Å². The van der Waals surface area contributed by atoms with E-state index in [1.165, 1.54) is 30.3 Å². The molecule has 3 rings (SSSR count). The summed E-state index contributed by atoms with van der Waals surface area (Å²) in [5.41, 5.74) is 0.496. The third-order valence-electron chi connectivity index (χ3n) is 2.98. The summed E-state index contributed by atoms with van der Waals surface area (Å²) >= 11 is 0. The van der Waals surface area contributed by atoms with Gasteiger partial charge < -0.3 is 10.4 Å². The van der Waals surface area contributed by atoms with Gasteiger partial charge in [0.1, 0.15) is 11.6 Å². The Morgan fingerprint density at radius 3 is 2.55 bits per heavy atom. The third-order valence-corrected chi connectivity index (χ3v) is 2.98. The lowest BCUT2D eigenvalue weighted by molar-refractivity contribution is 0.0690. The van der Waals surface area contributed by atoms with Crippen molar-refractivity contribution in [1.82, 2.24) is 9.97 Å². The highest BCUT2D eigenvalue weighted by atomic mass is 19.1. The lowest BCUT2D eigenvalue weighted by Crippen LogP contribution is -2.09. The number of hydrogen-bond acceptors (Lipinski definition) is 4. The number of nitrogens with one attached hydrogen (secondary N) is 1. The van der Waals surface area contributed by atoms with Gasteiger partial charge in [-0.25, -0.2) is 19.2 Å². The molecule has 0 unspecified atom stereocenters. The Labute approximate surface area is 114 Å². The van der Waals surface area contributed by atoms with Gasteiger partial charge in [-0.15, -0.1) is 0 Å². The highest BCUT2D eigenvalue weighted by Crippen LogP contribution is 2.25. The lowest BCUT2D eigenvalue weighted by Gasteiger charge is -2.07. The van der Waals surface area contributed by atoms with E-state index in [4.69, 9.17) is 5.11 Å². The molecular weight excluding hydrogens is 261 g/mol. The summed E-state index contributed by atoms with van der Waals surface area (Å²) in [7, 11) is 0. The molecule has 0 bridgehead atoms. The molecule has 1 aromatic carbocycles. The Kier molecular flexibility index (Phi) is 3.06. The van der Waals surface area contributed by atoms with Crippen molar-refractivity contribution in [3.8, 4) is 11.4 Å². The van der Waals surface area contributed by atoms with Crippen LogP contribution >= 0.6 is 0 Å². The first-order chi connectivity index (χ1) is 9.61. The first-order valence-corrected chi connectivity index (χ1v) is 6.27. The van der Waals surface area contributed by atoms with Crippen LogP contribution in [0.2, 0.25) is 0 Å². The normalized spacial score (nSPS) is 14.1. The monoisotopic (exact) mass is 273 g/mol. The molecular formula is C14H12FN3O2. The number of nitrogens with zero attached hydrogens (tertiary/aromatic N) is 2. The van der Waals surface area contributed by atoms with Crippen LogP contribution in [0, 0.1) is 5.82 Å². The topological polar surface area (TPSA) is 75.1 Å². The molecule has 1 fully saturated rings. The van der Waals surface area contributed by atoms with Crippen LogP contribution in [0.4, 0.5) is 10.2 Å². The van der Waals surface area contributed by atoms with Crippen molar-refractivity contribution in [1.29, 1.82) is 0 Å². The van der Waals surface area contributed by atoms with Crippen molar-refractivity contribution in [3.05, 3.63) is 41.8 Å². The molecule has 1 aromatic heterocycles. The standard InChI is InChI=1S/C14H12FN3O2/c15-9-3-1-8(2-4-9)13-17-11(14(19)20)7-12(18-13)16-10-5-6-10/h1-4,7,10H,5-6H2,(H,19,20)(H,16,17,18). The van der Waals surface area contributed by atoms with Crippen LogP contribution < -0.4 is 5.32 Å². The van der Waals surface area contributed by atoms with E-state index < -0.39 is 5.97 Å². The van der Waals surface area contributed by atoms with Crippen LogP contribution in [0.25, 0.3) is 11.4 Å². The number of carboxylic acids is 1. The number of aromatic nitrogens is 2. The average molecular weight is 273 g/mol. The Morgan fingerprint density at radius 1 is 1.25 bits per heavy atom. The Bertz CT molecular complexity index is 654. The van der Waals surface area contributed by atoms with Gasteiger partial charge in [0.2, 0.25) is 0 Å². The van der Waals surface area contributed by atoms with Crippen LogP contribution in [0.5, 0.6) is 0 Å². The molecule has 1 aliphatic rings. The van der Waals surface area contributed by atoms with Gasteiger partial charge >= 0.3 is 5.97 Å². The summed E-state index contributed by atoms with van der Waals surface area (Å²) < 4.78 is 12.9. The minimum absolute atomic E-state index is 0.0810. The second-order valence-electron chi connectivity index (χ2n) is 4.69. The highest BCUT2D eigenvalue weighted by Gasteiger charge is 2.22. The summed E-state index contributed by atoms with van der Waals surface area (Å²) in [6.45, 7) is 0. The number of aromatic carboxylic acids is 1. The van der Waals surface area contributed by atoms with E-state index in [0.29, 0.717) is 17.4 Å². The van der Waals surface area contributed by atoms with Crippen LogP contribution in [-0.2, 0) is 0 Å². The Hall–Kier alpha value is -2.50. The minimum Gasteiger partial charge on any atom is -0.477 e. The second kappa shape index (κ2) is 4.88. The predicted molar refractivity (Wildman–Crippen MR) is 71.0 cm³/mol. The summed E-state index contributed by atoms with van der Waals surface area (Å²) in [4.78, 5) is 19.4. The molecule has 2 N–H and O–H groups in total. The van der Waals surface area contributed by atoms with E-state index >= 15 is 0 Å². The molecule has 5 nitrogen and oxygen atoms in total. The van der Waals surface area contributed by atoms with Gasteiger partial charge in [0.15, 0.2) is 11.5 Å². The summed E-state index contributed by atoms with van der Waals surface area (Å²) in [6, 6.07) is 7.40. The largest absolute Gasteiger partial charge is 0.477 e. The van der Waals surface area contributed by atoms with E-state index in [2.05, 4.69) is 15.3 Å². The fourth-order valence-electron chi connectivity index (χ4n) is 1.80. The molecule has 2 aromatic rings. The maximum Gasteiger partial charge on any atom is 0.354 e. The Morgan fingerprint density at radius 2 is 1.95 bits per heavy atom. The van der Waals surface area contributed by atoms with Gasteiger partial charge in [-0.3, -0.25) is 0 Å². The van der Waals surface area contributed by atoms with Crippen LogP contribution in [-0.4, -0.2) is 27.1 Å². The average Bonchev–Trinajstić information content (AvgIpc) is 3.23. The van der Waals surface area contributed by atoms with E-state index in [9.17, 15) is 9.18 Å². The molecule has 1 aliphatic carbocycles. The molecule has 0 aliphatic heterocycles. The molecule has 20 heavy (non-hydrogen) atoms. The summed E-state index contributed by atoms with van der Waals surface area (Å²) in [5, 5.41) is 12.2. The predicted octanol–water partition coefficient (Wildman–Crippen LogP) is 2.56. The molecule has 1 heterocycles. The molecule has 6 heteroatoms. The zero-order valence-corrected chi connectivity index (χ0v) is 10.5. The smallest absolute Gasteiger partial charge is 0.354 e. The number of anilines is 1. The van der Waals surface area contributed by atoms with Crippen LogP contribution in [0.1, 0.15) is 23.3 Å². The van der Waals surface area contributed by atoms with Gasteiger partial charge in [0, 0.05) is 17.7 Å². The molecule has 1 saturated carbocycles. The van der Waals surface area contributed by atoms with E-state index in [0.717, 1.165) is 12.8 Å². The summed E-state index contributed by atoms with van der Waals surface area (Å²) in [6.07, 6.45) is 2.11. The number of benzene rings is 1. The van der Waals surface area contributed by atoms with Crippen molar-refractivity contribution in [2.75, 3.05) is 5.32 Å². The van der Waals surface area contributed by atoms with Crippen molar-refractivity contribution >= 4 is 11.8 Å². The zero-order valence-electron chi connectivity index (χ0n) is 10.5. The Balaban J connectivity index is 2.01. The van der Waals surface area contributed by atoms with Crippen molar-refractivity contribution < 1.29 is 14.3 Å². The molecule has 0 amide bonds. The second-order valence-corrected chi connectivity index (χ2v) is 4.69. The quantitative estimate of drug-likeness (QED) is 0.895. The van der Waals surface area contributed by atoms with E-state index in [-0.39, 0.29) is 17.3 Å². The maximum absolute atomic E-state index is 12.9. The number of hydrogen-bond donors (Lipinski definition) is 2. The van der Waals surface area contributed by atoms with E-state index in [1.54, 1.807) is 0 Å². The van der Waals surface area contributed by atoms with Gasteiger partial charge in [-0.05, 0) is 37.1 Å². The van der Waals surface area contributed by atoms with E-state index in [1.807, 2.05) is 0 Å². The fraction of sp³-hybridized carbons (Fsp3) is 0.214. The number of carbonyl (C=O) groups is 1. The maximum atomic E-state index is 12.9. The van der Waals surface area contributed by atoms with Gasteiger partial charge in [0.25, 0.3) is 0 Å². The van der Waals surface area contributed by atoms with Crippen molar-refractivity contribution in [3.63, 3.8) is 0 Å². The summed E-state index contributed by atoms with van der Waals surface area (Å²) in [5.74, 6) is -0.721. The molecule has 0 atom stereocenters. The first-order valence-electron chi connectivity index (χ1n) is 6.27.